The van der Waals surface area contributed by atoms with Gasteiger partial charge in [0.1, 0.15) is 0 Å². The molecule has 6 saturated carbocycles. The van der Waals surface area contributed by atoms with Crippen molar-refractivity contribution in [3.63, 3.8) is 0 Å². The summed E-state index contributed by atoms with van der Waals surface area (Å²) in [6.07, 6.45) is 10.7. The first-order valence-electron chi connectivity index (χ1n) is 9.54. The van der Waals surface area contributed by atoms with Crippen LogP contribution in [0, 0.1) is 39.9 Å². The lowest BCUT2D eigenvalue weighted by Gasteiger charge is -2.63. The van der Waals surface area contributed by atoms with Gasteiger partial charge in [0.05, 0.1) is 0 Å². The summed E-state index contributed by atoms with van der Waals surface area (Å²) >= 11 is 0. The van der Waals surface area contributed by atoms with Gasteiger partial charge in [-0.1, -0.05) is 25.5 Å². The Bertz CT molecular complexity index is 609. The molecule has 9 fully saturated rings. The van der Waals surface area contributed by atoms with E-state index in [1.165, 1.54) is 32.2 Å². The van der Waals surface area contributed by atoms with Crippen molar-refractivity contribution in [2.75, 3.05) is 6.54 Å². The zero-order valence-electron chi connectivity index (χ0n) is 13.3. The number of allylic oxidation sites excluding steroid dienone is 1. The molecule has 0 N–H and O–H groups in total. The van der Waals surface area contributed by atoms with Gasteiger partial charge in [-0.15, -0.1) is 0 Å². The van der Waals surface area contributed by atoms with Crippen LogP contribution in [0.2, 0.25) is 0 Å². The molecule has 1 heteroatoms. The zero-order valence-corrected chi connectivity index (χ0v) is 13.3. The molecule has 0 amide bonds. The maximum Gasteiger partial charge on any atom is 0.0195 e. The van der Waals surface area contributed by atoms with Gasteiger partial charge in [0.25, 0.3) is 0 Å². The molecule has 3 aliphatic heterocycles. The summed E-state index contributed by atoms with van der Waals surface area (Å²) in [6.45, 7) is 8.63. The summed E-state index contributed by atoms with van der Waals surface area (Å²) in [7, 11) is 0. The first-order chi connectivity index (χ1) is 10.1. The summed E-state index contributed by atoms with van der Waals surface area (Å²) in [6, 6.07) is 1.99. The highest BCUT2D eigenvalue weighted by Gasteiger charge is 2.86. The average Bonchev–Trinajstić information content (AvgIpc) is 2.84. The van der Waals surface area contributed by atoms with Crippen LogP contribution in [0.1, 0.15) is 51.9 Å². The molecule has 112 valence electrons. The maximum atomic E-state index is 4.51. The second kappa shape index (κ2) is 2.79. The standard InChI is InChI=1S/C20H27N/c1-11-8-19-9-14-16-18(2)4-3-5-20(16)15(19)7-12(11)6-13(19)17(20)21(14)10-18/h12-17H,1,3-10H2,2H3. The smallest absolute Gasteiger partial charge is 0.0195 e. The molecule has 3 saturated heterocycles. The molecule has 0 aromatic heterocycles. The summed E-state index contributed by atoms with van der Waals surface area (Å²) in [4.78, 5) is 3.09. The van der Waals surface area contributed by atoms with Crippen molar-refractivity contribution >= 4 is 0 Å². The van der Waals surface area contributed by atoms with Crippen molar-refractivity contribution in [2.24, 2.45) is 39.9 Å². The van der Waals surface area contributed by atoms with Crippen LogP contribution in [-0.2, 0) is 0 Å². The average molecular weight is 281 g/mol. The Morgan fingerprint density at radius 1 is 1.24 bits per heavy atom. The normalized spacial score (nSPS) is 74.5. The lowest BCUT2D eigenvalue weighted by molar-refractivity contribution is -0.115. The molecule has 1 nitrogen and oxygen atoms in total. The van der Waals surface area contributed by atoms with E-state index in [4.69, 9.17) is 0 Å². The van der Waals surface area contributed by atoms with Gasteiger partial charge >= 0.3 is 0 Å². The topological polar surface area (TPSA) is 3.24 Å². The molecule has 21 heavy (non-hydrogen) atoms. The van der Waals surface area contributed by atoms with Gasteiger partial charge in [-0.05, 0) is 78.4 Å². The summed E-state index contributed by atoms with van der Waals surface area (Å²) in [5, 5.41) is 0. The largest absolute Gasteiger partial charge is 0.296 e. The minimum Gasteiger partial charge on any atom is -0.296 e. The lowest BCUT2D eigenvalue weighted by Crippen LogP contribution is -2.58. The van der Waals surface area contributed by atoms with Crippen LogP contribution in [0.25, 0.3) is 0 Å². The van der Waals surface area contributed by atoms with Crippen LogP contribution >= 0.6 is 0 Å². The quantitative estimate of drug-likeness (QED) is 0.610. The molecule has 3 heterocycles. The molecular weight excluding hydrogens is 254 g/mol. The van der Waals surface area contributed by atoms with Crippen molar-refractivity contribution in [1.29, 1.82) is 0 Å². The molecule has 9 rings (SSSR count). The predicted octanol–water partition coefficient (Wildman–Crippen LogP) is 3.85. The first kappa shape index (κ1) is 11.3. The van der Waals surface area contributed by atoms with E-state index in [2.05, 4.69) is 18.4 Å². The van der Waals surface area contributed by atoms with Crippen molar-refractivity contribution in [3.8, 4) is 0 Å². The number of piperidine rings is 2. The first-order valence-corrected chi connectivity index (χ1v) is 9.54. The van der Waals surface area contributed by atoms with Crippen LogP contribution in [0.4, 0.5) is 0 Å². The van der Waals surface area contributed by atoms with Crippen molar-refractivity contribution in [3.05, 3.63) is 12.2 Å². The number of hydrogen-bond acceptors (Lipinski definition) is 1. The van der Waals surface area contributed by atoms with E-state index in [0.717, 1.165) is 46.6 Å². The van der Waals surface area contributed by atoms with Crippen LogP contribution in [-0.4, -0.2) is 23.5 Å². The molecular formula is C20H27N. The fraction of sp³-hybridized carbons (Fsp3) is 0.900. The van der Waals surface area contributed by atoms with E-state index < -0.39 is 0 Å². The summed E-state index contributed by atoms with van der Waals surface area (Å²) < 4.78 is 0. The van der Waals surface area contributed by atoms with Gasteiger partial charge < -0.3 is 0 Å². The number of hydrogen-bond donors (Lipinski definition) is 0. The Labute approximate surface area is 128 Å². The molecule has 9 bridgehead atoms. The molecule has 9 aliphatic rings. The van der Waals surface area contributed by atoms with E-state index >= 15 is 0 Å². The highest BCUT2D eigenvalue weighted by molar-refractivity contribution is 5.39. The van der Waals surface area contributed by atoms with E-state index in [-0.39, 0.29) is 0 Å². The van der Waals surface area contributed by atoms with Crippen LogP contribution in [0.5, 0.6) is 0 Å². The van der Waals surface area contributed by atoms with Gasteiger partial charge in [0, 0.05) is 18.6 Å². The molecule has 6 aliphatic carbocycles. The van der Waals surface area contributed by atoms with Crippen LogP contribution in [0.15, 0.2) is 12.2 Å². The molecule has 2 spiro atoms. The fourth-order valence-electron chi connectivity index (χ4n) is 10.4. The molecule has 10 atom stereocenters. The Balaban J connectivity index is 1.53. The SMILES string of the molecule is C=C1CC23CC4C5C6(C)CCCC57C(C2CC1CC37)N4C6. The van der Waals surface area contributed by atoms with Crippen LogP contribution in [0.3, 0.4) is 0 Å². The Kier molecular flexibility index (Phi) is 1.50. The van der Waals surface area contributed by atoms with Gasteiger partial charge in [-0.25, -0.2) is 0 Å². The predicted molar refractivity (Wildman–Crippen MR) is 82.7 cm³/mol. The monoisotopic (exact) mass is 281 g/mol. The van der Waals surface area contributed by atoms with Gasteiger partial charge in [-0.3, -0.25) is 4.90 Å². The van der Waals surface area contributed by atoms with Gasteiger partial charge in [0.2, 0.25) is 0 Å². The van der Waals surface area contributed by atoms with Gasteiger partial charge in [0.15, 0.2) is 0 Å². The second-order valence-electron chi connectivity index (χ2n) is 10.4. The highest BCUT2D eigenvalue weighted by atomic mass is 15.3. The van der Waals surface area contributed by atoms with Gasteiger partial charge in [-0.2, -0.15) is 0 Å². The molecule has 0 radical (unpaired) electrons. The van der Waals surface area contributed by atoms with E-state index in [1.54, 1.807) is 24.8 Å². The van der Waals surface area contributed by atoms with Crippen molar-refractivity contribution in [2.45, 2.75) is 64.0 Å². The Morgan fingerprint density at radius 3 is 3.05 bits per heavy atom. The molecule has 10 unspecified atom stereocenters. The maximum absolute atomic E-state index is 4.51. The number of rotatable bonds is 0. The van der Waals surface area contributed by atoms with E-state index in [1.807, 2.05) is 0 Å². The molecule has 0 aromatic rings. The summed E-state index contributed by atoms with van der Waals surface area (Å²) in [5.41, 5.74) is 3.85. The minimum atomic E-state index is 0.689. The summed E-state index contributed by atoms with van der Waals surface area (Å²) in [5.74, 6) is 4.15. The fourth-order valence-corrected chi connectivity index (χ4v) is 10.4. The number of nitrogens with zero attached hydrogens (tertiary/aromatic N) is 1. The van der Waals surface area contributed by atoms with Crippen molar-refractivity contribution in [1.82, 2.24) is 4.90 Å². The third kappa shape index (κ3) is 0.821. The van der Waals surface area contributed by atoms with Crippen molar-refractivity contribution < 1.29 is 0 Å². The minimum absolute atomic E-state index is 0.689. The van der Waals surface area contributed by atoms with E-state index in [9.17, 15) is 0 Å². The second-order valence-corrected chi connectivity index (χ2v) is 10.4. The molecule has 0 aromatic carbocycles. The Hall–Kier alpha value is -0.300. The van der Waals surface area contributed by atoms with E-state index in [0.29, 0.717) is 5.41 Å². The Morgan fingerprint density at radius 2 is 2.14 bits per heavy atom. The zero-order chi connectivity index (χ0) is 13.8. The third-order valence-corrected chi connectivity index (χ3v) is 10.2. The lowest BCUT2D eigenvalue weighted by atomic mass is 9.41. The third-order valence-electron chi connectivity index (χ3n) is 10.2. The highest BCUT2D eigenvalue weighted by Crippen LogP contribution is 2.87. The number of fused-ring (bicyclic) bond motifs is 1. The van der Waals surface area contributed by atoms with Crippen LogP contribution < -0.4 is 0 Å².